The van der Waals surface area contributed by atoms with Crippen LogP contribution in [0.5, 0.6) is 5.75 Å². The number of anilines is 1. The summed E-state index contributed by atoms with van der Waals surface area (Å²) in [5.74, 6) is 1.37. The predicted molar refractivity (Wildman–Crippen MR) is 122 cm³/mol. The van der Waals surface area contributed by atoms with E-state index >= 15 is 0 Å². The van der Waals surface area contributed by atoms with E-state index < -0.39 is 0 Å². The zero-order valence-corrected chi connectivity index (χ0v) is 18.4. The van der Waals surface area contributed by atoms with Gasteiger partial charge in [-0.1, -0.05) is 12.1 Å². The third-order valence-electron chi connectivity index (χ3n) is 5.64. The second-order valence-corrected chi connectivity index (χ2v) is 8.08. The van der Waals surface area contributed by atoms with Crippen molar-refractivity contribution in [3.8, 4) is 5.75 Å². The summed E-state index contributed by atoms with van der Waals surface area (Å²) in [6, 6.07) is 12.2. The van der Waals surface area contributed by atoms with E-state index in [0.717, 1.165) is 41.5 Å². The van der Waals surface area contributed by atoms with Crippen LogP contribution >= 0.6 is 0 Å². The molecule has 8 heteroatoms. The molecule has 170 valence electrons. The van der Waals surface area contributed by atoms with Gasteiger partial charge in [0.1, 0.15) is 24.3 Å². The first-order valence-electron chi connectivity index (χ1n) is 10.9. The van der Waals surface area contributed by atoms with Gasteiger partial charge in [0.2, 0.25) is 5.91 Å². The highest BCUT2D eigenvalue weighted by Gasteiger charge is 2.28. The molecule has 2 atom stereocenters. The van der Waals surface area contributed by atoms with Gasteiger partial charge in [0.25, 0.3) is 0 Å². The molecule has 2 aliphatic rings. The van der Waals surface area contributed by atoms with Crippen molar-refractivity contribution in [1.29, 1.82) is 0 Å². The maximum absolute atomic E-state index is 13.3. The molecule has 0 aromatic heterocycles. The summed E-state index contributed by atoms with van der Waals surface area (Å²) in [4.78, 5) is 18.1. The standard InChI is InChI=1S/C24H29FN4O3/c1-16-14-29(15-22(32-16)17-3-6-19(25)7-4-17)24(26-2)27-11-12-31-20-8-9-21-18(13-20)5-10-23(30)28-21/h3-4,6-9,13,16,22H,5,10-12,14-15H2,1-2H3,(H,26,27)(H,28,30). The lowest BCUT2D eigenvalue weighted by atomic mass is 10.0. The van der Waals surface area contributed by atoms with E-state index in [2.05, 4.69) is 20.5 Å². The number of morpholine rings is 1. The van der Waals surface area contributed by atoms with Gasteiger partial charge in [-0.15, -0.1) is 0 Å². The van der Waals surface area contributed by atoms with E-state index in [9.17, 15) is 9.18 Å². The van der Waals surface area contributed by atoms with E-state index in [0.29, 0.717) is 26.1 Å². The van der Waals surface area contributed by atoms with Crippen molar-refractivity contribution in [3.05, 3.63) is 59.4 Å². The molecule has 0 aliphatic carbocycles. The first kappa shape index (κ1) is 22.1. The molecule has 2 N–H and O–H groups in total. The number of carbonyl (C=O) groups is 1. The van der Waals surface area contributed by atoms with Crippen molar-refractivity contribution in [3.63, 3.8) is 0 Å². The summed E-state index contributed by atoms with van der Waals surface area (Å²) in [7, 11) is 1.76. The molecule has 1 saturated heterocycles. The van der Waals surface area contributed by atoms with E-state index in [4.69, 9.17) is 9.47 Å². The molecule has 1 fully saturated rings. The molecule has 0 radical (unpaired) electrons. The van der Waals surface area contributed by atoms with Crippen LogP contribution in [0.4, 0.5) is 10.1 Å². The Balaban J connectivity index is 1.29. The van der Waals surface area contributed by atoms with E-state index in [-0.39, 0.29) is 23.9 Å². The van der Waals surface area contributed by atoms with Crippen LogP contribution in [0.1, 0.15) is 30.6 Å². The summed E-state index contributed by atoms with van der Waals surface area (Å²) in [6.07, 6.45) is 1.11. The molecule has 2 unspecified atom stereocenters. The molecule has 1 amide bonds. The lowest BCUT2D eigenvalue weighted by Gasteiger charge is -2.38. The highest BCUT2D eigenvalue weighted by Crippen LogP contribution is 2.27. The highest BCUT2D eigenvalue weighted by molar-refractivity contribution is 5.94. The number of carbonyl (C=O) groups excluding carboxylic acids is 1. The predicted octanol–water partition coefficient (Wildman–Crippen LogP) is 3.13. The van der Waals surface area contributed by atoms with Crippen molar-refractivity contribution in [2.24, 2.45) is 4.99 Å². The number of guanidine groups is 1. The van der Waals surface area contributed by atoms with Crippen molar-refractivity contribution in [2.45, 2.75) is 32.0 Å². The minimum absolute atomic E-state index is 0.0181. The second kappa shape index (κ2) is 9.99. The van der Waals surface area contributed by atoms with Gasteiger partial charge < -0.3 is 25.0 Å². The minimum Gasteiger partial charge on any atom is -0.492 e. The van der Waals surface area contributed by atoms with Crippen LogP contribution in [0.25, 0.3) is 0 Å². The Labute approximate surface area is 187 Å². The lowest BCUT2D eigenvalue weighted by molar-refractivity contribution is -0.116. The largest absolute Gasteiger partial charge is 0.492 e. The number of benzene rings is 2. The van der Waals surface area contributed by atoms with E-state index in [1.807, 2.05) is 25.1 Å². The summed E-state index contributed by atoms with van der Waals surface area (Å²) in [5.41, 5.74) is 2.91. The van der Waals surface area contributed by atoms with Gasteiger partial charge >= 0.3 is 0 Å². The molecule has 0 spiro atoms. The topological polar surface area (TPSA) is 75.2 Å². The third kappa shape index (κ3) is 5.37. The van der Waals surface area contributed by atoms with Crippen LogP contribution in [0.3, 0.4) is 0 Å². The lowest BCUT2D eigenvalue weighted by Crippen LogP contribution is -2.51. The molecule has 7 nitrogen and oxygen atoms in total. The summed E-state index contributed by atoms with van der Waals surface area (Å²) >= 11 is 0. The Morgan fingerprint density at radius 2 is 2.06 bits per heavy atom. The summed E-state index contributed by atoms with van der Waals surface area (Å²) in [6.45, 7) is 4.44. The van der Waals surface area contributed by atoms with E-state index in [1.54, 1.807) is 19.2 Å². The second-order valence-electron chi connectivity index (χ2n) is 8.08. The van der Waals surface area contributed by atoms with Gasteiger partial charge in [-0.25, -0.2) is 4.39 Å². The number of hydrogen-bond donors (Lipinski definition) is 2. The van der Waals surface area contributed by atoms with Crippen molar-refractivity contribution in [2.75, 3.05) is 38.6 Å². The molecular formula is C24H29FN4O3. The van der Waals surface area contributed by atoms with Gasteiger partial charge in [0.15, 0.2) is 5.96 Å². The molecule has 2 aromatic carbocycles. The Morgan fingerprint density at radius 3 is 2.84 bits per heavy atom. The number of nitrogens with one attached hydrogen (secondary N) is 2. The molecule has 0 bridgehead atoms. The Kier molecular flexibility index (Phi) is 6.90. The quantitative estimate of drug-likeness (QED) is 0.425. The molecule has 4 rings (SSSR count). The number of aryl methyl sites for hydroxylation is 1. The van der Waals surface area contributed by atoms with Gasteiger partial charge in [-0.2, -0.15) is 0 Å². The van der Waals surface area contributed by atoms with Gasteiger partial charge in [0, 0.05) is 25.7 Å². The zero-order valence-electron chi connectivity index (χ0n) is 18.4. The molecule has 32 heavy (non-hydrogen) atoms. The maximum Gasteiger partial charge on any atom is 0.224 e. The fourth-order valence-electron chi connectivity index (χ4n) is 4.10. The minimum atomic E-state index is -0.254. The van der Waals surface area contributed by atoms with Gasteiger partial charge in [-0.05, 0) is 54.8 Å². The van der Waals surface area contributed by atoms with Crippen LogP contribution in [0.2, 0.25) is 0 Å². The van der Waals surface area contributed by atoms with E-state index in [1.165, 1.54) is 12.1 Å². The highest BCUT2D eigenvalue weighted by atomic mass is 19.1. The molecule has 2 heterocycles. The summed E-state index contributed by atoms with van der Waals surface area (Å²) < 4.78 is 25.2. The van der Waals surface area contributed by atoms with Crippen LogP contribution < -0.4 is 15.4 Å². The monoisotopic (exact) mass is 440 g/mol. The average molecular weight is 441 g/mol. The number of fused-ring (bicyclic) bond motifs is 1. The summed E-state index contributed by atoms with van der Waals surface area (Å²) in [5, 5.41) is 6.24. The van der Waals surface area contributed by atoms with Crippen LogP contribution in [-0.4, -0.2) is 56.2 Å². The number of hydrogen-bond acceptors (Lipinski definition) is 4. The zero-order chi connectivity index (χ0) is 22.5. The van der Waals surface area contributed by atoms with Crippen LogP contribution in [0, 0.1) is 5.82 Å². The normalized spacial score (nSPS) is 21.0. The molecule has 2 aliphatic heterocycles. The number of halogens is 1. The Hall–Kier alpha value is -3.13. The number of aliphatic imine (C=N–C) groups is 1. The number of ether oxygens (including phenoxy) is 2. The number of amides is 1. The Morgan fingerprint density at radius 1 is 1.25 bits per heavy atom. The van der Waals surface area contributed by atoms with Gasteiger partial charge in [-0.3, -0.25) is 9.79 Å². The third-order valence-corrected chi connectivity index (χ3v) is 5.64. The van der Waals surface area contributed by atoms with Crippen LogP contribution in [0.15, 0.2) is 47.5 Å². The number of nitrogens with zero attached hydrogens (tertiary/aromatic N) is 2. The van der Waals surface area contributed by atoms with Crippen molar-refractivity contribution in [1.82, 2.24) is 10.2 Å². The smallest absolute Gasteiger partial charge is 0.224 e. The maximum atomic E-state index is 13.3. The average Bonchev–Trinajstić information content (AvgIpc) is 2.79. The first-order valence-corrected chi connectivity index (χ1v) is 10.9. The number of rotatable bonds is 5. The first-order chi connectivity index (χ1) is 15.5. The fraction of sp³-hybridized carbons (Fsp3) is 0.417. The molecular weight excluding hydrogens is 411 g/mol. The van der Waals surface area contributed by atoms with Crippen LogP contribution in [-0.2, 0) is 16.0 Å². The Bertz CT molecular complexity index is 980. The van der Waals surface area contributed by atoms with Gasteiger partial charge in [0.05, 0.1) is 19.2 Å². The van der Waals surface area contributed by atoms with Crippen molar-refractivity contribution >= 4 is 17.6 Å². The fourth-order valence-corrected chi connectivity index (χ4v) is 4.10. The SMILES string of the molecule is CN=C(NCCOc1ccc2c(c1)CCC(=O)N2)N1CC(C)OC(c2ccc(F)cc2)C1. The molecule has 2 aromatic rings. The molecule has 0 saturated carbocycles. The van der Waals surface area contributed by atoms with Crippen molar-refractivity contribution < 1.29 is 18.7 Å².